The number of hydrogen-bond acceptors (Lipinski definition) is 7. The van der Waals surface area contributed by atoms with Crippen LogP contribution in [0.25, 0.3) is 0 Å². The van der Waals surface area contributed by atoms with Crippen molar-refractivity contribution in [3.63, 3.8) is 0 Å². The summed E-state index contributed by atoms with van der Waals surface area (Å²) in [6, 6.07) is 4.45. The fourth-order valence-electron chi connectivity index (χ4n) is 14.7. The maximum atomic E-state index is 14.2. The standard InChI is InChI=1S/C49H69ClN2O8/c1-27(2)39-34(54)23-49(24-38(55)52-30(26-53)25-51-41(56)28-10-12-29(50)13-11-28)21-20-47(8)31(40(39)49)14-15-36-46(7)18-17-37(45(5,6)35(46)16-19-48(36,47)9)60-43(59)33-22-32(42(57)58)44(33,3)4/h10-13,27,30-33,35-37,53H,14-26H2,1-9H3,(H,51,56)(H,52,55)(H,57,58)/t30?,31-,32+,33-,35+,36-,37+,46+,47-,48-,49+/m1/s1/i30D. The fraction of sp³-hybridized carbons (Fsp3) is 0.735. The summed E-state index contributed by atoms with van der Waals surface area (Å²) in [6.45, 7) is 18.9. The van der Waals surface area contributed by atoms with Gasteiger partial charge in [-0.15, -0.1) is 0 Å². The van der Waals surface area contributed by atoms with Gasteiger partial charge in [0.1, 0.15) is 6.10 Å². The number of Topliss-reactive ketones (excluding diaryl/α,β-unsaturated/α-hetero) is 1. The average Bonchev–Trinajstić information content (AvgIpc) is 3.46. The van der Waals surface area contributed by atoms with Crippen LogP contribution in [0.4, 0.5) is 0 Å². The number of nitrogens with one attached hydrogen (secondary N) is 2. The third-order valence-corrected chi connectivity index (χ3v) is 18.4. The Bertz CT molecular complexity index is 2020. The molecule has 0 spiro atoms. The molecule has 5 saturated carbocycles. The molecular weight excluding hydrogens is 780 g/mol. The predicted molar refractivity (Wildman–Crippen MR) is 230 cm³/mol. The van der Waals surface area contributed by atoms with E-state index in [1.54, 1.807) is 24.3 Å². The lowest BCUT2D eigenvalue weighted by Crippen LogP contribution is -2.66. The molecule has 0 radical (unpaired) electrons. The van der Waals surface area contributed by atoms with E-state index >= 15 is 0 Å². The molecular formula is C49H69ClN2O8. The molecule has 330 valence electrons. The number of aliphatic hydroxyl groups excluding tert-OH is 1. The molecule has 6 aliphatic carbocycles. The minimum absolute atomic E-state index is 0.00254. The Morgan fingerprint density at radius 3 is 2.18 bits per heavy atom. The van der Waals surface area contributed by atoms with Crippen LogP contribution in [-0.4, -0.2) is 65.0 Å². The molecule has 5 fully saturated rings. The largest absolute Gasteiger partial charge is 0.481 e. The molecule has 0 heterocycles. The van der Waals surface area contributed by atoms with Crippen molar-refractivity contribution < 1.29 is 40.3 Å². The maximum Gasteiger partial charge on any atom is 0.309 e. The average molecular weight is 851 g/mol. The van der Waals surface area contributed by atoms with Gasteiger partial charge in [-0.05, 0) is 133 Å². The van der Waals surface area contributed by atoms with Gasteiger partial charge in [-0.2, -0.15) is 0 Å². The summed E-state index contributed by atoms with van der Waals surface area (Å²) in [5, 5.41) is 25.9. The van der Waals surface area contributed by atoms with Gasteiger partial charge < -0.3 is 25.6 Å². The number of halogens is 1. The number of allylic oxidation sites excluding steroid dienone is 2. The fourth-order valence-corrected chi connectivity index (χ4v) is 14.8. The van der Waals surface area contributed by atoms with Crippen molar-refractivity contribution in [1.29, 1.82) is 0 Å². The molecule has 11 heteroatoms. The molecule has 4 N–H and O–H groups in total. The molecule has 10 nitrogen and oxygen atoms in total. The molecule has 7 rings (SSSR count). The molecule has 0 bridgehead atoms. The Balaban J connectivity index is 1.10. The van der Waals surface area contributed by atoms with Gasteiger partial charge >= 0.3 is 11.9 Å². The number of ketones is 1. The first-order valence-corrected chi connectivity index (χ1v) is 22.8. The number of esters is 1. The number of carboxylic acids is 1. The Morgan fingerprint density at radius 2 is 1.57 bits per heavy atom. The van der Waals surface area contributed by atoms with Crippen LogP contribution in [0.5, 0.6) is 0 Å². The second-order valence-corrected chi connectivity index (χ2v) is 22.4. The van der Waals surface area contributed by atoms with Gasteiger partial charge in [-0.1, -0.05) is 79.5 Å². The summed E-state index contributed by atoms with van der Waals surface area (Å²) in [5.74, 6) is -2.01. The first-order valence-electron chi connectivity index (χ1n) is 23.0. The van der Waals surface area contributed by atoms with Crippen LogP contribution in [-0.2, 0) is 23.9 Å². The predicted octanol–water partition coefficient (Wildman–Crippen LogP) is 8.58. The maximum absolute atomic E-state index is 14.2. The zero-order chi connectivity index (χ0) is 44.9. The number of hydrogen-bond donors (Lipinski definition) is 4. The number of aliphatic carboxylic acids is 1. The monoisotopic (exact) mass is 849 g/mol. The van der Waals surface area contributed by atoms with E-state index in [9.17, 15) is 34.2 Å². The number of carboxylic acid groups (broad SMARTS) is 1. The lowest BCUT2D eigenvalue weighted by atomic mass is 9.33. The number of rotatable bonds is 11. The van der Waals surface area contributed by atoms with Crippen molar-refractivity contribution in [3.05, 3.63) is 46.0 Å². The molecule has 1 aromatic rings. The number of carbonyl (C=O) groups excluding carboxylic acids is 4. The van der Waals surface area contributed by atoms with Crippen molar-refractivity contribution >= 4 is 41.1 Å². The lowest BCUT2D eigenvalue weighted by molar-refractivity contribution is -0.236. The molecule has 60 heavy (non-hydrogen) atoms. The van der Waals surface area contributed by atoms with Gasteiger partial charge in [-0.3, -0.25) is 24.0 Å². The van der Waals surface area contributed by atoms with E-state index in [-0.39, 0.29) is 70.7 Å². The van der Waals surface area contributed by atoms with E-state index in [4.69, 9.17) is 17.7 Å². The van der Waals surface area contributed by atoms with Crippen LogP contribution >= 0.6 is 11.6 Å². The number of ether oxygens (including phenoxy) is 1. The molecule has 6 aliphatic rings. The zero-order valence-electron chi connectivity index (χ0n) is 38.3. The van der Waals surface area contributed by atoms with Crippen LogP contribution < -0.4 is 10.6 Å². The van der Waals surface area contributed by atoms with E-state index in [1.165, 1.54) is 0 Å². The van der Waals surface area contributed by atoms with E-state index in [2.05, 4.69) is 59.1 Å². The van der Waals surface area contributed by atoms with Crippen molar-refractivity contribution in [2.75, 3.05) is 13.2 Å². The van der Waals surface area contributed by atoms with Gasteiger partial charge in [0.05, 0.1) is 25.8 Å². The number of carbonyl (C=O) groups is 5. The summed E-state index contributed by atoms with van der Waals surface area (Å²) < 4.78 is 15.3. The Hall–Kier alpha value is -3.24. The molecule has 0 aromatic heterocycles. The highest BCUT2D eigenvalue weighted by molar-refractivity contribution is 6.30. The third kappa shape index (κ3) is 6.96. The summed E-state index contributed by atoms with van der Waals surface area (Å²) in [5.41, 5.74) is 0.581. The van der Waals surface area contributed by atoms with E-state index in [1.807, 2.05) is 13.8 Å². The quantitative estimate of drug-likeness (QED) is 0.161. The number of amides is 2. The second kappa shape index (κ2) is 15.5. The van der Waals surface area contributed by atoms with Gasteiger partial charge in [0.2, 0.25) is 5.91 Å². The van der Waals surface area contributed by atoms with Crippen LogP contribution in [0.1, 0.15) is 145 Å². The summed E-state index contributed by atoms with van der Waals surface area (Å²) in [4.78, 5) is 66.6. The van der Waals surface area contributed by atoms with Crippen molar-refractivity contribution in [2.45, 2.75) is 145 Å². The zero-order valence-corrected chi connectivity index (χ0v) is 38.0. The van der Waals surface area contributed by atoms with E-state index < -0.39 is 53.1 Å². The smallest absolute Gasteiger partial charge is 0.309 e. The summed E-state index contributed by atoms with van der Waals surface area (Å²) in [6.07, 6.45) is 7.52. The highest BCUT2D eigenvalue weighted by Gasteiger charge is 2.70. The van der Waals surface area contributed by atoms with Crippen molar-refractivity contribution in [3.8, 4) is 0 Å². The Morgan fingerprint density at radius 1 is 0.883 bits per heavy atom. The van der Waals surface area contributed by atoms with Gasteiger partial charge in [0.25, 0.3) is 5.91 Å². The Labute approximate surface area is 363 Å². The first-order chi connectivity index (χ1) is 28.3. The molecule has 2 amide bonds. The number of aliphatic hydroxyl groups is 1. The topological polar surface area (TPSA) is 159 Å². The number of fused-ring (bicyclic) bond motifs is 7. The first kappa shape index (κ1) is 43.4. The molecule has 1 unspecified atom stereocenters. The van der Waals surface area contributed by atoms with E-state index in [0.29, 0.717) is 35.3 Å². The second-order valence-electron chi connectivity index (χ2n) is 21.9. The molecule has 1 aromatic carbocycles. The third-order valence-electron chi connectivity index (χ3n) is 18.2. The highest BCUT2D eigenvalue weighted by atomic mass is 35.5. The van der Waals surface area contributed by atoms with Gasteiger partial charge in [0.15, 0.2) is 5.78 Å². The summed E-state index contributed by atoms with van der Waals surface area (Å²) in [7, 11) is 0. The molecule has 0 saturated heterocycles. The summed E-state index contributed by atoms with van der Waals surface area (Å²) >= 11 is 5.97. The van der Waals surface area contributed by atoms with Crippen molar-refractivity contribution in [1.82, 2.24) is 10.6 Å². The van der Waals surface area contributed by atoms with Crippen LogP contribution in [0.15, 0.2) is 35.4 Å². The lowest BCUT2D eigenvalue weighted by Gasteiger charge is -2.72. The van der Waals surface area contributed by atoms with Gasteiger partial charge in [-0.25, -0.2) is 0 Å². The highest BCUT2D eigenvalue weighted by Crippen LogP contribution is 2.77. The molecule has 11 atom stereocenters. The van der Waals surface area contributed by atoms with Crippen molar-refractivity contribution in [2.24, 2.45) is 68.0 Å². The molecule has 0 aliphatic heterocycles. The number of benzene rings is 1. The van der Waals surface area contributed by atoms with Crippen LogP contribution in [0.2, 0.25) is 5.02 Å². The van der Waals surface area contributed by atoms with E-state index in [0.717, 1.165) is 56.1 Å². The minimum atomic E-state index is -1.87. The minimum Gasteiger partial charge on any atom is -0.481 e. The normalized spacial score (nSPS) is 38.8. The van der Waals surface area contributed by atoms with Crippen LogP contribution in [0, 0.1) is 68.0 Å². The van der Waals surface area contributed by atoms with Gasteiger partial charge in [0, 0.05) is 40.8 Å². The SMILES string of the molecule is [2H]C(CO)(CNC(=O)c1ccc(Cl)cc1)NC(=O)C[C@@]12CC[C@]3(C)[C@H](CC[C@@H]4[C@@]5(C)CC[C@H](OC(=O)[C@H]6C[C@@H](C(=O)O)C6(C)C)C(C)(C)[C@@H]5CC[C@]43C)C1=C(C(C)C)C(=O)C2. The Kier molecular flexibility index (Phi) is 11.2. The van der Waals surface area contributed by atoms with Crippen LogP contribution in [0.3, 0.4) is 0 Å².